The van der Waals surface area contributed by atoms with Crippen molar-refractivity contribution in [3.05, 3.63) is 24.3 Å². The number of hydrogen-bond donors (Lipinski definition) is 1. The Hall–Kier alpha value is -0.520. The van der Waals surface area contributed by atoms with Gasteiger partial charge in [0.1, 0.15) is 0 Å². The first-order valence-electron chi connectivity index (χ1n) is 6.08. The second-order valence-electron chi connectivity index (χ2n) is 4.57. The minimum atomic E-state index is -3.08. The topological polar surface area (TPSA) is 60.2 Å². The highest BCUT2D eigenvalue weighted by Gasteiger charge is 2.06. The summed E-state index contributed by atoms with van der Waals surface area (Å²) in [6.45, 7) is 2.02. The molecular formula is C13H21NO2S2. The average Bonchev–Trinajstić information content (AvgIpc) is 2.27. The normalized spacial score (nSPS) is 13.5. The van der Waals surface area contributed by atoms with Gasteiger partial charge in [-0.15, -0.1) is 11.8 Å². The minimum Gasteiger partial charge on any atom is -0.328 e. The van der Waals surface area contributed by atoms with E-state index in [9.17, 15) is 8.42 Å². The molecule has 0 aliphatic heterocycles. The van der Waals surface area contributed by atoms with Crippen LogP contribution in [0.1, 0.15) is 26.2 Å². The molecule has 0 aromatic heterocycles. The fourth-order valence-corrected chi connectivity index (χ4v) is 3.08. The summed E-state index contributed by atoms with van der Waals surface area (Å²) in [5.74, 6) is 1.05. The lowest BCUT2D eigenvalue weighted by molar-refractivity contribution is 0.602. The lowest BCUT2D eigenvalue weighted by Crippen LogP contribution is -2.13. The van der Waals surface area contributed by atoms with E-state index in [1.807, 2.05) is 19.1 Å². The SMILES string of the molecule is CC(N)CCCCSc1ccc(S(C)(=O)=O)cc1. The van der Waals surface area contributed by atoms with Gasteiger partial charge in [-0.05, 0) is 49.8 Å². The van der Waals surface area contributed by atoms with Crippen LogP contribution >= 0.6 is 11.8 Å². The van der Waals surface area contributed by atoms with E-state index in [4.69, 9.17) is 5.73 Å². The van der Waals surface area contributed by atoms with E-state index in [2.05, 4.69) is 0 Å². The van der Waals surface area contributed by atoms with Crippen LogP contribution < -0.4 is 5.73 Å². The van der Waals surface area contributed by atoms with E-state index < -0.39 is 9.84 Å². The van der Waals surface area contributed by atoms with Gasteiger partial charge < -0.3 is 5.73 Å². The molecule has 0 amide bonds. The number of thioether (sulfide) groups is 1. The van der Waals surface area contributed by atoms with Gasteiger partial charge in [0.05, 0.1) is 4.90 Å². The predicted octanol–water partition coefficient (Wildman–Crippen LogP) is 2.70. The van der Waals surface area contributed by atoms with Gasteiger partial charge in [-0.3, -0.25) is 0 Å². The molecule has 2 N–H and O–H groups in total. The fraction of sp³-hybridized carbons (Fsp3) is 0.538. The molecule has 0 bridgehead atoms. The Bertz CT molecular complexity index is 452. The highest BCUT2D eigenvalue weighted by molar-refractivity contribution is 7.99. The Morgan fingerprint density at radius 1 is 1.22 bits per heavy atom. The zero-order valence-electron chi connectivity index (χ0n) is 10.9. The third-order valence-electron chi connectivity index (χ3n) is 2.57. The molecule has 3 nitrogen and oxygen atoms in total. The summed E-state index contributed by atoms with van der Waals surface area (Å²) in [6, 6.07) is 7.35. The molecule has 5 heteroatoms. The van der Waals surface area contributed by atoms with E-state index in [-0.39, 0.29) is 6.04 Å². The number of unbranched alkanes of at least 4 members (excludes halogenated alkanes) is 1. The molecule has 0 saturated carbocycles. The molecule has 1 aromatic rings. The van der Waals surface area contributed by atoms with Crippen LogP contribution in [-0.4, -0.2) is 26.5 Å². The molecule has 0 radical (unpaired) electrons. The molecular weight excluding hydrogens is 266 g/mol. The first-order valence-corrected chi connectivity index (χ1v) is 8.96. The van der Waals surface area contributed by atoms with E-state index in [0.717, 1.165) is 29.9 Å². The van der Waals surface area contributed by atoms with E-state index in [1.165, 1.54) is 6.26 Å². The second-order valence-corrected chi connectivity index (χ2v) is 7.75. The Labute approximate surface area is 114 Å². The van der Waals surface area contributed by atoms with Crippen LogP contribution in [0.2, 0.25) is 0 Å². The molecule has 18 heavy (non-hydrogen) atoms. The quantitative estimate of drug-likeness (QED) is 0.619. The van der Waals surface area contributed by atoms with Crippen molar-refractivity contribution in [3.63, 3.8) is 0 Å². The Balaban J connectivity index is 2.36. The second kappa shape index (κ2) is 7.16. The van der Waals surface area contributed by atoms with Crippen molar-refractivity contribution in [2.45, 2.75) is 42.0 Å². The number of hydrogen-bond acceptors (Lipinski definition) is 4. The van der Waals surface area contributed by atoms with Crippen LogP contribution in [0.4, 0.5) is 0 Å². The van der Waals surface area contributed by atoms with Crippen molar-refractivity contribution >= 4 is 21.6 Å². The number of nitrogens with two attached hydrogens (primary N) is 1. The number of rotatable bonds is 7. The molecule has 102 valence electrons. The molecule has 0 aliphatic carbocycles. The Kier molecular flexibility index (Phi) is 6.18. The summed E-state index contributed by atoms with van der Waals surface area (Å²) < 4.78 is 22.6. The maximum atomic E-state index is 11.3. The largest absolute Gasteiger partial charge is 0.328 e. The monoisotopic (exact) mass is 287 g/mol. The van der Waals surface area contributed by atoms with Crippen molar-refractivity contribution in [2.24, 2.45) is 5.73 Å². The predicted molar refractivity (Wildman–Crippen MR) is 77.8 cm³/mol. The summed E-state index contributed by atoms with van der Waals surface area (Å²) >= 11 is 1.76. The van der Waals surface area contributed by atoms with Gasteiger partial charge in [0.15, 0.2) is 9.84 Å². The van der Waals surface area contributed by atoms with Crippen molar-refractivity contribution < 1.29 is 8.42 Å². The van der Waals surface area contributed by atoms with Crippen LogP contribution in [-0.2, 0) is 9.84 Å². The number of benzene rings is 1. The summed E-state index contributed by atoms with van der Waals surface area (Å²) in [5.41, 5.74) is 5.68. The van der Waals surface area contributed by atoms with Crippen molar-refractivity contribution in [2.75, 3.05) is 12.0 Å². The summed E-state index contributed by atoms with van der Waals surface area (Å²) in [5, 5.41) is 0. The maximum absolute atomic E-state index is 11.3. The fourth-order valence-electron chi connectivity index (χ4n) is 1.54. The summed E-state index contributed by atoms with van der Waals surface area (Å²) in [7, 11) is -3.08. The molecule has 1 aromatic carbocycles. The van der Waals surface area contributed by atoms with Gasteiger partial charge in [-0.25, -0.2) is 8.42 Å². The number of sulfone groups is 1. The molecule has 0 heterocycles. The van der Waals surface area contributed by atoms with Gasteiger partial charge in [0, 0.05) is 17.2 Å². The lowest BCUT2D eigenvalue weighted by atomic mass is 10.2. The molecule has 1 rings (SSSR count). The molecule has 0 aliphatic rings. The highest BCUT2D eigenvalue weighted by atomic mass is 32.2. The van der Waals surface area contributed by atoms with Crippen LogP contribution in [0.15, 0.2) is 34.1 Å². The lowest BCUT2D eigenvalue weighted by Gasteiger charge is -2.05. The van der Waals surface area contributed by atoms with E-state index in [0.29, 0.717) is 4.90 Å². The van der Waals surface area contributed by atoms with Gasteiger partial charge in [-0.2, -0.15) is 0 Å². The Morgan fingerprint density at radius 3 is 2.33 bits per heavy atom. The van der Waals surface area contributed by atoms with Crippen molar-refractivity contribution in [3.8, 4) is 0 Å². The van der Waals surface area contributed by atoms with Gasteiger partial charge >= 0.3 is 0 Å². The van der Waals surface area contributed by atoms with Crippen molar-refractivity contribution in [1.82, 2.24) is 0 Å². The van der Waals surface area contributed by atoms with Gasteiger partial charge in [0.2, 0.25) is 0 Å². The maximum Gasteiger partial charge on any atom is 0.175 e. The zero-order chi connectivity index (χ0) is 13.6. The van der Waals surface area contributed by atoms with E-state index in [1.54, 1.807) is 23.9 Å². The standard InChI is InChI=1S/C13H21NO2S2/c1-11(14)5-3-4-10-17-12-6-8-13(9-7-12)18(2,15)16/h6-9,11H,3-5,10,14H2,1-2H3. The third kappa shape index (κ3) is 5.89. The van der Waals surface area contributed by atoms with Crippen LogP contribution in [0.25, 0.3) is 0 Å². The first kappa shape index (κ1) is 15.5. The smallest absolute Gasteiger partial charge is 0.175 e. The van der Waals surface area contributed by atoms with Crippen LogP contribution in [0.3, 0.4) is 0 Å². The van der Waals surface area contributed by atoms with Crippen LogP contribution in [0, 0.1) is 0 Å². The van der Waals surface area contributed by atoms with Crippen LogP contribution in [0.5, 0.6) is 0 Å². The van der Waals surface area contributed by atoms with Gasteiger partial charge in [-0.1, -0.05) is 6.42 Å². The molecule has 0 fully saturated rings. The first-order chi connectivity index (χ1) is 8.39. The Morgan fingerprint density at radius 2 is 1.83 bits per heavy atom. The highest BCUT2D eigenvalue weighted by Crippen LogP contribution is 2.21. The molecule has 1 unspecified atom stereocenters. The van der Waals surface area contributed by atoms with Gasteiger partial charge in [0.25, 0.3) is 0 Å². The minimum absolute atomic E-state index is 0.282. The summed E-state index contributed by atoms with van der Waals surface area (Å²) in [6.07, 6.45) is 4.57. The van der Waals surface area contributed by atoms with E-state index >= 15 is 0 Å². The zero-order valence-corrected chi connectivity index (χ0v) is 12.6. The molecule has 0 saturated heterocycles. The summed E-state index contributed by atoms with van der Waals surface area (Å²) in [4.78, 5) is 1.49. The molecule has 0 spiro atoms. The average molecular weight is 287 g/mol. The molecule has 1 atom stereocenters. The third-order valence-corrected chi connectivity index (χ3v) is 4.80. The van der Waals surface area contributed by atoms with Crippen molar-refractivity contribution in [1.29, 1.82) is 0 Å².